The molecule has 2 amide bonds. The van der Waals surface area contributed by atoms with Crippen molar-refractivity contribution in [1.29, 1.82) is 0 Å². The fourth-order valence-corrected chi connectivity index (χ4v) is 5.58. The molecule has 3 unspecified atom stereocenters. The predicted octanol–water partition coefficient (Wildman–Crippen LogP) is 3.32. The Morgan fingerprint density at radius 1 is 1.28 bits per heavy atom. The Kier molecular flexibility index (Phi) is 6.71. The molecule has 4 atom stereocenters. The lowest BCUT2D eigenvalue weighted by Gasteiger charge is -2.35. The Morgan fingerprint density at radius 2 is 2.06 bits per heavy atom. The molecule has 0 bridgehead atoms. The first-order valence-electron chi connectivity index (χ1n) is 12.4. The zero-order chi connectivity index (χ0) is 25.6. The predicted molar refractivity (Wildman–Crippen MR) is 131 cm³/mol. The summed E-state index contributed by atoms with van der Waals surface area (Å²) in [7, 11) is 0. The van der Waals surface area contributed by atoms with Gasteiger partial charge in [-0.3, -0.25) is 9.59 Å². The van der Waals surface area contributed by atoms with Gasteiger partial charge < -0.3 is 20.1 Å². The summed E-state index contributed by atoms with van der Waals surface area (Å²) in [5.41, 5.74) is 1.09. The molecule has 0 spiro atoms. The number of carbonyl (C=O) groups is 2. The van der Waals surface area contributed by atoms with Crippen molar-refractivity contribution in [1.82, 2.24) is 25.2 Å². The summed E-state index contributed by atoms with van der Waals surface area (Å²) in [4.78, 5) is 29.2. The normalized spacial score (nSPS) is 24.7. The number of fused-ring (bicyclic) bond motifs is 1. The maximum atomic E-state index is 13.9. The minimum absolute atomic E-state index is 0.0701. The van der Waals surface area contributed by atoms with Crippen LogP contribution in [0.25, 0.3) is 0 Å². The number of ether oxygens (including phenoxy) is 1. The molecule has 2 aromatic rings. The van der Waals surface area contributed by atoms with Crippen molar-refractivity contribution in [2.24, 2.45) is 5.41 Å². The maximum Gasteiger partial charge on any atom is 0.248 e. The Bertz CT molecular complexity index is 1150. The van der Waals surface area contributed by atoms with Crippen molar-refractivity contribution in [3.05, 3.63) is 35.7 Å². The van der Waals surface area contributed by atoms with Crippen LogP contribution in [-0.4, -0.2) is 62.1 Å². The molecule has 3 aliphatic rings. The van der Waals surface area contributed by atoms with E-state index in [4.69, 9.17) is 4.74 Å². The molecule has 9 nitrogen and oxygen atoms in total. The van der Waals surface area contributed by atoms with Crippen LogP contribution in [0.4, 0.5) is 3.89 Å². The highest BCUT2D eigenvalue weighted by Gasteiger charge is 2.46. The standard InChI is InChI=1S/C25H32FN5O4S/c1-25(2,3)22(31-13-18(28-29-31)14-7-8-14)24(34)30-12-15(32)11-19(30)23(33)27-17-9-10-35-21-16(17)5-4-6-20(21)36-26/h4-6,13-15,17,19,22,32H,7-12H2,1-3H3,(H,27,33)/t15?,17?,19?,22-/m1/s1. The molecule has 194 valence electrons. The monoisotopic (exact) mass is 517 g/mol. The van der Waals surface area contributed by atoms with Crippen molar-refractivity contribution in [2.75, 3.05) is 13.2 Å². The Balaban J connectivity index is 1.37. The highest BCUT2D eigenvalue weighted by molar-refractivity contribution is 7.94. The van der Waals surface area contributed by atoms with Crippen molar-refractivity contribution in [3.8, 4) is 5.75 Å². The summed E-state index contributed by atoms with van der Waals surface area (Å²) in [5.74, 6) is 0.225. The molecule has 1 aliphatic carbocycles. The van der Waals surface area contributed by atoms with Crippen molar-refractivity contribution in [3.63, 3.8) is 0 Å². The third-order valence-corrected chi connectivity index (χ3v) is 7.63. The van der Waals surface area contributed by atoms with Gasteiger partial charge in [0.05, 0.1) is 41.5 Å². The number of aromatic nitrogens is 3. The Morgan fingerprint density at radius 3 is 2.75 bits per heavy atom. The van der Waals surface area contributed by atoms with E-state index in [-0.39, 0.29) is 43.0 Å². The van der Waals surface area contributed by atoms with Gasteiger partial charge in [-0.1, -0.05) is 38.1 Å². The van der Waals surface area contributed by atoms with Gasteiger partial charge >= 0.3 is 0 Å². The summed E-state index contributed by atoms with van der Waals surface area (Å²) in [6.45, 7) is 6.27. The van der Waals surface area contributed by atoms with E-state index in [0.29, 0.717) is 35.2 Å². The highest BCUT2D eigenvalue weighted by Crippen LogP contribution is 2.42. The first-order valence-corrected chi connectivity index (χ1v) is 13.1. The van der Waals surface area contributed by atoms with E-state index < -0.39 is 23.6 Å². The number of rotatable bonds is 6. The average molecular weight is 518 g/mol. The lowest BCUT2D eigenvalue weighted by atomic mass is 9.85. The number of halogens is 1. The summed E-state index contributed by atoms with van der Waals surface area (Å²) in [5, 5.41) is 22.0. The summed E-state index contributed by atoms with van der Waals surface area (Å²) >= 11 is 0.108. The third kappa shape index (κ3) is 4.82. The smallest absolute Gasteiger partial charge is 0.248 e. The number of aliphatic hydroxyl groups is 1. The second-order valence-corrected chi connectivity index (χ2v) is 11.6. The molecule has 1 saturated carbocycles. The van der Waals surface area contributed by atoms with Crippen LogP contribution in [0.1, 0.15) is 75.7 Å². The van der Waals surface area contributed by atoms with Gasteiger partial charge in [-0.15, -0.1) is 5.10 Å². The number of benzene rings is 1. The van der Waals surface area contributed by atoms with Gasteiger partial charge in [0, 0.05) is 37.1 Å². The number of hydrogen-bond donors (Lipinski definition) is 2. The lowest BCUT2D eigenvalue weighted by molar-refractivity contribution is -0.144. The fraction of sp³-hybridized carbons (Fsp3) is 0.600. The minimum Gasteiger partial charge on any atom is -0.492 e. The number of amides is 2. The summed E-state index contributed by atoms with van der Waals surface area (Å²) < 4.78 is 20.6. The molecule has 2 fully saturated rings. The number of carbonyl (C=O) groups excluding carboxylic acids is 2. The maximum absolute atomic E-state index is 13.9. The molecule has 11 heteroatoms. The average Bonchev–Trinajstić information content (AvgIpc) is 3.44. The molecule has 36 heavy (non-hydrogen) atoms. The van der Waals surface area contributed by atoms with Gasteiger partial charge in [-0.05, 0) is 24.3 Å². The second kappa shape index (κ2) is 9.66. The third-order valence-electron chi connectivity index (χ3n) is 7.14. The van der Waals surface area contributed by atoms with Gasteiger partial charge in [0.25, 0.3) is 0 Å². The van der Waals surface area contributed by atoms with E-state index in [2.05, 4.69) is 15.6 Å². The molecule has 1 saturated heterocycles. The lowest BCUT2D eigenvalue weighted by Crippen LogP contribution is -2.51. The number of hydrogen-bond acceptors (Lipinski definition) is 7. The van der Waals surface area contributed by atoms with E-state index in [1.54, 1.807) is 16.8 Å². The molecule has 2 N–H and O–H groups in total. The minimum atomic E-state index is -0.825. The zero-order valence-corrected chi connectivity index (χ0v) is 21.5. The molecule has 0 radical (unpaired) electrons. The molecular weight excluding hydrogens is 485 g/mol. The Labute approximate surface area is 214 Å². The van der Waals surface area contributed by atoms with Crippen LogP contribution in [0.2, 0.25) is 0 Å². The number of β-amino-alcohol motifs (C(OH)–C–C–N with tert-alkyl or cyclic N) is 1. The largest absolute Gasteiger partial charge is 0.492 e. The molecule has 5 rings (SSSR count). The molecule has 2 aliphatic heterocycles. The number of aliphatic hydroxyl groups excluding tert-OH is 1. The Hall–Kier alpha value is -2.66. The van der Waals surface area contributed by atoms with Gasteiger partial charge in [-0.25, -0.2) is 4.68 Å². The van der Waals surface area contributed by atoms with Crippen LogP contribution in [0.5, 0.6) is 5.75 Å². The van der Waals surface area contributed by atoms with Gasteiger partial charge in [0.15, 0.2) is 0 Å². The molecule has 3 heterocycles. The molecule has 1 aromatic heterocycles. The van der Waals surface area contributed by atoms with Crippen LogP contribution in [0.15, 0.2) is 29.3 Å². The van der Waals surface area contributed by atoms with Gasteiger partial charge in [0.2, 0.25) is 11.8 Å². The van der Waals surface area contributed by atoms with E-state index in [0.717, 1.165) is 18.5 Å². The SMILES string of the molecule is CC(C)(C)[C@@H](C(=O)N1CC(O)CC1C(=O)NC1CCOc2c(SF)cccc21)n1cc(C2CC2)nn1. The van der Waals surface area contributed by atoms with Gasteiger partial charge in [0.1, 0.15) is 17.8 Å². The van der Waals surface area contributed by atoms with Gasteiger partial charge in [-0.2, -0.15) is 3.89 Å². The van der Waals surface area contributed by atoms with E-state index in [9.17, 15) is 18.6 Å². The van der Waals surface area contributed by atoms with E-state index >= 15 is 0 Å². The first kappa shape index (κ1) is 25.0. The van der Waals surface area contributed by atoms with Crippen molar-refractivity contribution >= 4 is 24.0 Å². The fourth-order valence-electron chi connectivity index (χ4n) is 5.20. The number of likely N-dealkylation sites (tertiary alicyclic amines) is 1. The number of para-hydroxylation sites is 1. The second-order valence-electron chi connectivity index (χ2n) is 11.0. The first-order chi connectivity index (χ1) is 17.2. The van der Waals surface area contributed by atoms with Crippen molar-refractivity contribution < 1.29 is 23.3 Å². The van der Waals surface area contributed by atoms with Crippen LogP contribution in [0.3, 0.4) is 0 Å². The zero-order valence-electron chi connectivity index (χ0n) is 20.7. The van der Waals surface area contributed by atoms with Crippen LogP contribution < -0.4 is 10.1 Å². The van der Waals surface area contributed by atoms with E-state index in [1.807, 2.05) is 33.0 Å². The van der Waals surface area contributed by atoms with Crippen LogP contribution >= 0.6 is 12.1 Å². The quantitative estimate of drug-likeness (QED) is 0.605. The van der Waals surface area contributed by atoms with Crippen molar-refractivity contribution in [2.45, 2.75) is 81.5 Å². The summed E-state index contributed by atoms with van der Waals surface area (Å²) in [6, 6.07) is 3.29. The molecular formula is C25H32FN5O4S. The van der Waals surface area contributed by atoms with Crippen LogP contribution in [0, 0.1) is 5.41 Å². The molecule has 1 aromatic carbocycles. The highest BCUT2D eigenvalue weighted by atomic mass is 32.2. The van der Waals surface area contributed by atoms with Crippen LogP contribution in [-0.2, 0) is 9.59 Å². The summed E-state index contributed by atoms with van der Waals surface area (Å²) in [6.07, 6.45) is 3.86. The topological polar surface area (TPSA) is 110 Å². The number of nitrogens with one attached hydrogen (secondary N) is 1. The van der Waals surface area contributed by atoms with E-state index in [1.165, 1.54) is 4.90 Å². The number of nitrogens with zero attached hydrogens (tertiary/aromatic N) is 4.